The zero-order chi connectivity index (χ0) is 11.4. The van der Waals surface area contributed by atoms with Crippen molar-refractivity contribution in [3.05, 3.63) is 22.2 Å². The van der Waals surface area contributed by atoms with Crippen LogP contribution in [-0.4, -0.2) is 32.0 Å². The third-order valence-electron chi connectivity index (χ3n) is 3.04. The second kappa shape index (κ2) is 3.03. The monoisotopic (exact) mass is 225 g/mol. The van der Waals surface area contributed by atoms with E-state index in [1.54, 1.807) is 0 Å². The Balaban J connectivity index is 2.23. The van der Waals surface area contributed by atoms with Crippen molar-refractivity contribution in [1.82, 2.24) is 9.55 Å². The number of nitrogens with zero attached hydrogens (tertiary/aromatic N) is 2. The molecule has 86 valence electrons. The summed E-state index contributed by atoms with van der Waals surface area (Å²) in [7, 11) is 0. The summed E-state index contributed by atoms with van der Waals surface area (Å²) in [5.74, 6) is 0.0612. The van der Waals surface area contributed by atoms with Gasteiger partial charge >= 0.3 is 5.69 Å². The first kappa shape index (κ1) is 9.76. The van der Waals surface area contributed by atoms with Gasteiger partial charge in [-0.25, -0.2) is 4.79 Å². The molecule has 0 amide bonds. The molecule has 0 aromatic carbocycles. The van der Waals surface area contributed by atoms with Crippen LogP contribution in [-0.2, 0) is 4.74 Å². The SMILES string of the molecule is Nc1cc2n(c(=O)n1)[C@H]1C[C@H](O)[C@H](O1)C2O. The molecule has 0 aliphatic carbocycles. The van der Waals surface area contributed by atoms with Gasteiger partial charge in [0.25, 0.3) is 0 Å². The summed E-state index contributed by atoms with van der Waals surface area (Å²) in [6.07, 6.45) is -2.79. The van der Waals surface area contributed by atoms with E-state index in [-0.39, 0.29) is 12.2 Å². The molecule has 1 aromatic heterocycles. The van der Waals surface area contributed by atoms with Crippen molar-refractivity contribution in [2.24, 2.45) is 0 Å². The molecule has 1 unspecified atom stereocenters. The molecule has 0 saturated carbocycles. The number of aromatic nitrogens is 2. The first-order valence-corrected chi connectivity index (χ1v) is 4.98. The van der Waals surface area contributed by atoms with Gasteiger partial charge in [-0.1, -0.05) is 0 Å². The zero-order valence-electron chi connectivity index (χ0n) is 8.28. The van der Waals surface area contributed by atoms with Crippen LogP contribution in [0.4, 0.5) is 5.82 Å². The number of ether oxygens (including phenoxy) is 1. The minimum Gasteiger partial charge on any atom is -0.390 e. The van der Waals surface area contributed by atoms with Crippen molar-refractivity contribution < 1.29 is 14.9 Å². The molecule has 0 spiro atoms. The summed E-state index contributed by atoms with van der Waals surface area (Å²) in [5, 5.41) is 19.6. The number of hydrogen-bond acceptors (Lipinski definition) is 6. The highest BCUT2D eigenvalue weighted by atomic mass is 16.5. The maximum absolute atomic E-state index is 11.6. The van der Waals surface area contributed by atoms with Gasteiger partial charge in [-0.05, 0) is 0 Å². The normalized spacial score (nSPS) is 36.1. The number of rotatable bonds is 0. The molecule has 0 radical (unpaired) electrons. The largest absolute Gasteiger partial charge is 0.390 e. The molecule has 4 atom stereocenters. The fraction of sp³-hybridized carbons (Fsp3) is 0.556. The van der Waals surface area contributed by atoms with Crippen molar-refractivity contribution in [1.29, 1.82) is 0 Å². The van der Waals surface area contributed by atoms with Crippen LogP contribution in [0, 0.1) is 0 Å². The van der Waals surface area contributed by atoms with E-state index in [1.165, 1.54) is 10.6 Å². The Hall–Kier alpha value is -1.44. The van der Waals surface area contributed by atoms with E-state index in [0.29, 0.717) is 5.69 Å². The quantitative estimate of drug-likeness (QED) is 0.496. The molecule has 3 heterocycles. The van der Waals surface area contributed by atoms with Crippen LogP contribution in [0.5, 0.6) is 0 Å². The summed E-state index contributed by atoms with van der Waals surface area (Å²) in [6, 6.07) is 1.44. The predicted octanol–water partition coefficient (Wildman–Crippen LogP) is -1.48. The van der Waals surface area contributed by atoms with Crippen molar-refractivity contribution in [2.75, 3.05) is 5.73 Å². The number of aliphatic hydroxyl groups is 2. The number of fused-ring (bicyclic) bond motifs is 4. The third kappa shape index (κ3) is 1.13. The minimum atomic E-state index is -1.05. The Labute approximate surface area is 90.1 Å². The smallest absolute Gasteiger partial charge is 0.351 e. The van der Waals surface area contributed by atoms with Gasteiger partial charge in [0.2, 0.25) is 0 Å². The van der Waals surface area contributed by atoms with Crippen LogP contribution in [0.2, 0.25) is 0 Å². The fourth-order valence-corrected chi connectivity index (χ4v) is 2.33. The Morgan fingerprint density at radius 2 is 2.31 bits per heavy atom. The van der Waals surface area contributed by atoms with Crippen LogP contribution >= 0.6 is 0 Å². The Morgan fingerprint density at radius 1 is 1.56 bits per heavy atom. The highest BCUT2D eigenvalue weighted by Gasteiger charge is 2.46. The maximum atomic E-state index is 11.6. The molecule has 1 aromatic rings. The van der Waals surface area contributed by atoms with Gasteiger partial charge in [-0.3, -0.25) is 4.57 Å². The van der Waals surface area contributed by atoms with E-state index in [1.807, 2.05) is 0 Å². The van der Waals surface area contributed by atoms with Crippen LogP contribution in [0.15, 0.2) is 10.9 Å². The van der Waals surface area contributed by atoms with Gasteiger partial charge in [0.1, 0.15) is 24.3 Å². The molecule has 7 heteroatoms. The fourth-order valence-electron chi connectivity index (χ4n) is 2.33. The van der Waals surface area contributed by atoms with E-state index in [0.717, 1.165) is 0 Å². The van der Waals surface area contributed by atoms with Crippen LogP contribution in [0.1, 0.15) is 24.4 Å². The van der Waals surface area contributed by atoms with Crippen molar-refractivity contribution in [3.8, 4) is 0 Å². The molecule has 2 bridgehead atoms. The van der Waals surface area contributed by atoms with Crippen molar-refractivity contribution in [2.45, 2.75) is 31.0 Å². The molecule has 7 nitrogen and oxygen atoms in total. The van der Waals surface area contributed by atoms with Crippen LogP contribution in [0.25, 0.3) is 0 Å². The van der Waals surface area contributed by atoms with Gasteiger partial charge in [0.05, 0.1) is 11.8 Å². The minimum absolute atomic E-state index is 0.0612. The van der Waals surface area contributed by atoms with Gasteiger partial charge in [0.15, 0.2) is 0 Å². The molecule has 2 aliphatic heterocycles. The highest BCUT2D eigenvalue weighted by Crippen LogP contribution is 2.40. The zero-order valence-corrected chi connectivity index (χ0v) is 8.28. The molecular formula is C9H11N3O4. The van der Waals surface area contributed by atoms with Crippen molar-refractivity contribution in [3.63, 3.8) is 0 Å². The molecule has 1 fully saturated rings. The average molecular weight is 225 g/mol. The lowest BCUT2D eigenvalue weighted by molar-refractivity contribution is -0.112. The molecule has 4 N–H and O–H groups in total. The number of aliphatic hydroxyl groups excluding tert-OH is 2. The van der Waals surface area contributed by atoms with E-state index >= 15 is 0 Å². The molecule has 1 saturated heterocycles. The van der Waals surface area contributed by atoms with Gasteiger partial charge in [0, 0.05) is 12.5 Å². The summed E-state index contributed by atoms with van der Waals surface area (Å²) in [5.41, 5.74) is 5.25. The lowest BCUT2D eigenvalue weighted by Crippen LogP contribution is -2.39. The summed E-state index contributed by atoms with van der Waals surface area (Å²) >= 11 is 0. The van der Waals surface area contributed by atoms with Crippen molar-refractivity contribution >= 4 is 5.82 Å². The summed E-state index contributed by atoms with van der Waals surface area (Å²) < 4.78 is 6.59. The van der Waals surface area contributed by atoms with Gasteiger partial charge in [-0.2, -0.15) is 4.98 Å². The second-order valence-corrected chi connectivity index (χ2v) is 4.06. The second-order valence-electron chi connectivity index (χ2n) is 4.06. The number of anilines is 1. The molecule has 16 heavy (non-hydrogen) atoms. The van der Waals surface area contributed by atoms with E-state index in [9.17, 15) is 15.0 Å². The lowest BCUT2D eigenvalue weighted by atomic mass is 10.1. The van der Waals surface area contributed by atoms with Crippen LogP contribution < -0.4 is 11.4 Å². The predicted molar refractivity (Wildman–Crippen MR) is 52.4 cm³/mol. The average Bonchev–Trinajstić information content (AvgIpc) is 2.53. The Kier molecular flexibility index (Phi) is 1.85. The first-order chi connectivity index (χ1) is 7.58. The third-order valence-corrected chi connectivity index (χ3v) is 3.04. The Morgan fingerprint density at radius 3 is 3.06 bits per heavy atom. The maximum Gasteiger partial charge on any atom is 0.351 e. The van der Waals surface area contributed by atoms with E-state index in [4.69, 9.17) is 10.5 Å². The molecule has 3 rings (SSSR count). The summed E-state index contributed by atoms with van der Waals surface area (Å²) in [6.45, 7) is 0. The first-order valence-electron chi connectivity index (χ1n) is 4.98. The van der Waals surface area contributed by atoms with Crippen LogP contribution in [0.3, 0.4) is 0 Å². The lowest BCUT2D eigenvalue weighted by Gasteiger charge is -2.29. The van der Waals surface area contributed by atoms with Gasteiger partial charge < -0.3 is 20.7 Å². The standard InChI is InChI=1S/C9H11N3O4/c10-5-1-3-7(14)8-4(13)2-6(16-8)12(3)9(15)11-5/h1,4,6-8,13-14H,2H2,(H2,10,11,15)/t4-,6+,7?,8-/m0/s1. The number of hydrogen-bond donors (Lipinski definition) is 3. The Bertz CT molecular complexity index is 500. The number of nitrogen functional groups attached to an aromatic ring is 1. The highest BCUT2D eigenvalue weighted by molar-refractivity contribution is 5.31. The van der Waals surface area contributed by atoms with E-state index in [2.05, 4.69) is 4.98 Å². The van der Waals surface area contributed by atoms with Gasteiger partial charge in [-0.15, -0.1) is 0 Å². The number of nitrogens with two attached hydrogens (primary N) is 1. The summed E-state index contributed by atoms with van der Waals surface area (Å²) in [4.78, 5) is 15.2. The molecular weight excluding hydrogens is 214 g/mol. The topological polar surface area (TPSA) is 111 Å². The molecule has 2 aliphatic rings. The van der Waals surface area contributed by atoms with E-state index < -0.39 is 30.2 Å².